The van der Waals surface area contributed by atoms with Crippen LogP contribution in [0.5, 0.6) is 5.75 Å². The molecule has 0 heterocycles. The van der Waals surface area contributed by atoms with Crippen molar-refractivity contribution in [2.75, 3.05) is 20.8 Å². The molecule has 1 aromatic carbocycles. The topological polar surface area (TPSA) is 61.8 Å². The average molecular weight is 238 g/mol. The van der Waals surface area contributed by atoms with Gasteiger partial charge in [-0.1, -0.05) is 0 Å². The Kier molecular flexibility index (Phi) is 4.51. The first-order valence-electron chi connectivity index (χ1n) is 5.07. The Hall–Kier alpha value is -2.04. The van der Waals surface area contributed by atoms with Crippen LogP contribution in [0, 0.1) is 0 Å². The first-order valence-corrected chi connectivity index (χ1v) is 5.07. The molecular formula is C12H14O5. The van der Waals surface area contributed by atoms with Gasteiger partial charge in [0.15, 0.2) is 0 Å². The SMILES string of the molecule is CCOc1cc(C(=O)OC)ccc1C(=O)OC. The Morgan fingerprint density at radius 1 is 1.12 bits per heavy atom. The van der Waals surface area contributed by atoms with Gasteiger partial charge in [0.25, 0.3) is 0 Å². The number of ether oxygens (including phenoxy) is 3. The molecule has 0 N–H and O–H groups in total. The molecule has 5 heteroatoms. The minimum absolute atomic E-state index is 0.280. The van der Waals surface area contributed by atoms with Crippen LogP contribution in [-0.4, -0.2) is 32.8 Å². The molecule has 0 atom stereocenters. The van der Waals surface area contributed by atoms with E-state index in [1.165, 1.54) is 32.4 Å². The van der Waals surface area contributed by atoms with Gasteiger partial charge in [0, 0.05) is 0 Å². The predicted molar refractivity (Wildman–Crippen MR) is 60.3 cm³/mol. The molecule has 5 nitrogen and oxygen atoms in total. The number of rotatable bonds is 4. The minimum Gasteiger partial charge on any atom is -0.493 e. The van der Waals surface area contributed by atoms with Crippen molar-refractivity contribution in [2.45, 2.75) is 6.92 Å². The molecule has 0 saturated heterocycles. The molecule has 0 aliphatic carbocycles. The van der Waals surface area contributed by atoms with Crippen LogP contribution in [0.4, 0.5) is 0 Å². The fraction of sp³-hybridized carbons (Fsp3) is 0.333. The molecular weight excluding hydrogens is 224 g/mol. The highest BCUT2D eigenvalue weighted by atomic mass is 16.5. The van der Waals surface area contributed by atoms with Crippen LogP contribution in [0.15, 0.2) is 18.2 Å². The van der Waals surface area contributed by atoms with E-state index in [2.05, 4.69) is 9.47 Å². The standard InChI is InChI=1S/C12H14O5/c1-4-17-10-7-8(11(13)15-2)5-6-9(10)12(14)16-3/h5-7H,4H2,1-3H3. The van der Waals surface area contributed by atoms with E-state index in [4.69, 9.17) is 4.74 Å². The van der Waals surface area contributed by atoms with Crippen LogP contribution in [0.25, 0.3) is 0 Å². The third kappa shape index (κ3) is 2.96. The lowest BCUT2D eigenvalue weighted by Crippen LogP contribution is -2.08. The first kappa shape index (κ1) is 13.0. The maximum absolute atomic E-state index is 11.4. The molecule has 0 radical (unpaired) electrons. The first-order chi connectivity index (χ1) is 8.13. The van der Waals surface area contributed by atoms with Crippen LogP contribution in [0.3, 0.4) is 0 Å². The minimum atomic E-state index is -0.509. The zero-order chi connectivity index (χ0) is 12.8. The largest absolute Gasteiger partial charge is 0.493 e. The maximum atomic E-state index is 11.4. The molecule has 0 bridgehead atoms. The van der Waals surface area contributed by atoms with Crippen molar-refractivity contribution >= 4 is 11.9 Å². The summed E-state index contributed by atoms with van der Waals surface area (Å²) in [6.07, 6.45) is 0. The third-order valence-electron chi connectivity index (χ3n) is 2.11. The van der Waals surface area contributed by atoms with Gasteiger partial charge in [0.2, 0.25) is 0 Å². The van der Waals surface area contributed by atoms with E-state index in [-0.39, 0.29) is 5.56 Å². The molecule has 0 unspecified atom stereocenters. The molecule has 0 aromatic heterocycles. The van der Waals surface area contributed by atoms with Gasteiger partial charge in [-0.3, -0.25) is 0 Å². The number of carbonyl (C=O) groups is 2. The highest BCUT2D eigenvalue weighted by molar-refractivity contribution is 5.96. The fourth-order valence-electron chi connectivity index (χ4n) is 1.32. The molecule has 0 saturated carbocycles. The maximum Gasteiger partial charge on any atom is 0.341 e. The summed E-state index contributed by atoms with van der Waals surface area (Å²) < 4.78 is 14.5. The average Bonchev–Trinajstić information content (AvgIpc) is 2.37. The van der Waals surface area contributed by atoms with Gasteiger partial charge in [-0.25, -0.2) is 9.59 Å². The lowest BCUT2D eigenvalue weighted by atomic mass is 10.1. The molecule has 1 aromatic rings. The van der Waals surface area contributed by atoms with Gasteiger partial charge >= 0.3 is 11.9 Å². The molecule has 0 aliphatic heterocycles. The Balaban J connectivity index is 3.16. The number of hydrogen-bond donors (Lipinski definition) is 0. The summed E-state index contributed by atoms with van der Waals surface area (Å²) in [5.74, 6) is -0.686. The van der Waals surface area contributed by atoms with Gasteiger partial charge in [0.05, 0.1) is 26.4 Å². The van der Waals surface area contributed by atoms with E-state index in [1.807, 2.05) is 0 Å². The monoisotopic (exact) mass is 238 g/mol. The summed E-state index contributed by atoms with van der Waals surface area (Å²) in [6.45, 7) is 2.17. The Labute approximate surface area is 99.3 Å². The molecule has 0 fully saturated rings. The Morgan fingerprint density at radius 3 is 2.29 bits per heavy atom. The van der Waals surface area contributed by atoms with Gasteiger partial charge in [-0.2, -0.15) is 0 Å². The second-order valence-electron chi connectivity index (χ2n) is 3.13. The molecule has 0 amide bonds. The van der Waals surface area contributed by atoms with E-state index < -0.39 is 11.9 Å². The fourth-order valence-corrected chi connectivity index (χ4v) is 1.32. The normalized spacial score (nSPS) is 9.59. The van der Waals surface area contributed by atoms with Gasteiger partial charge in [-0.05, 0) is 25.1 Å². The van der Waals surface area contributed by atoms with Crippen molar-refractivity contribution in [3.05, 3.63) is 29.3 Å². The summed E-state index contributed by atoms with van der Waals surface area (Å²) in [7, 11) is 2.57. The van der Waals surface area contributed by atoms with Crippen molar-refractivity contribution in [2.24, 2.45) is 0 Å². The number of methoxy groups -OCH3 is 2. The van der Waals surface area contributed by atoms with E-state index in [9.17, 15) is 9.59 Å². The van der Waals surface area contributed by atoms with E-state index in [0.717, 1.165) is 0 Å². The lowest BCUT2D eigenvalue weighted by Gasteiger charge is -2.09. The van der Waals surface area contributed by atoms with E-state index in [0.29, 0.717) is 17.9 Å². The van der Waals surface area contributed by atoms with Gasteiger partial charge in [0.1, 0.15) is 11.3 Å². The smallest absolute Gasteiger partial charge is 0.341 e. The molecule has 17 heavy (non-hydrogen) atoms. The Bertz CT molecular complexity index is 425. The van der Waals surface area contributed by atoms with Crippen LogP contribution in [0.1, 0.15) is 27.6 Å². The van der Waals surface area contributed by atoms with Crippen molar-refractivity contribution in [1.29, 1.82) is 0 Å². The van der Waals surface area contributed by atoms with E-state index >= 15 is 0 Å². The highest BCUT2D eigenvalue weighted by Gasteiger charge is 2.16. The van der Waals surface area contributed by atoms with Gasteiger partial charge < -0.3 is 14.2 Å². The van der Waals surface area contributed by atoms with Crippen LogP contribution in [0.2, 0.25) is 0 Å². The summed E-state index contributed by atoms with van der Waals surface area (Å²) in [5.41, 5.74) is 0.602. The van der Waals surface area contributed by atoms with Crippen molar-refractivity contribution in [3.8, 4) is 5.75 Å². The zero-order valence-corrected chi connectivity index (χ0v) is 9.98. The van der Waals surface area contributed by atoms with Gasteiger partial charge in [-0.15, -0.1) is 0 Å². The van der Waals surface area contributed by atoms with Crippen molar-refractivity contribution in [3.63, 3.8) is 0 Å². The molecule has 0 spiro atoms. The number of benzene rings is 1. The van der Waals surface area contributed by atoms with E-state index in [1.54, 1.807) is 6.92 Å². The number of hydrogen-bond acceptors (Lipinski definition) is 5. The summed E-state index contributed by atoms with van der Waals surface area (Å²) >= 11 is 0. The predicted octanol–water partition coefficient (Wildman–Crippen LogP) is 1.66. The van der Waals surface area contributed by atoms with Crippen LogP contribution >= 0.6 is 0 Å². The second kappa shape index (κ2) is 5.89. The summed E-state index contributed by atoms with van der Waals surface area (Å²) in [6, 6.07) is 4.42. The summed E-state index contributed by atoms with van der Waals surface area (Å²) in [5, 5.41) is 0. The Morgan fingerprint density at radius 2 is 1.76 bits per heavy atom. The molecule has 0 aliphatic rings. The van der Waals surface area contributed by atoms with Crippen molar-refractivity contribution in [1.82, 2.24) is 0 Å². The zero-order valence-electron chi connectivity index (χ0n) is 9.98. The molecule has 1 rings (SSSR count). The van der Waals surface area contributed by atoms with Crippen LogP contribution in [-0.2, 0) is 9.47 Å². The summed E-state index contributed by atoms with van der Waals surface area (Å²) in [4.78, 5) is 22.8. The third-order valence-corrected chi connectivity index (χ3v) is 2.11. The number of carbonyl (C=O) groups excluding carboxylic acids is 2. The van der Waals surface area contributed by atoms with Crippen LogP contribution < -0.4 is 4.74 Å². The second-order valence-corrected chi connectivity index (χ2v) is 3.13. The lowest BCUT2D eigenvalue weighted by molar-refractivity contribution is 0.0582. The number of esters is 2. The highest BCUT2D eigenvalue weighted by Crippen LogP contribution is 2.22. The van der Waals surface area contributed by atoms with Crippen molar-refractivity contribution < 1.29 is 23.8 Å². The quantitative estimate of drug-likeness (QED) is 0.746. The molecule has 92 valence electrons.